The number of carboxylic acids is 1. The Morgan fingerprint density at radius 1 is 1.52 bits per heavy atom. The Hall–Kier alpha value is -2.16. The molecule has 2 N–H and O–H groups in total. The van der Waals surface area contributed by atoms with Gasteiger partial charge in [-0.25, -0.2) is 4.79 Å². The molecule has 0 aliphatic rings. The number of carbonyl (C=O) groups excluding carboxylic acids is 1. The van der Waals surface area contributed by atoms with Gasteiger partial charge in [0, 0.05) is 11.6 Å². The van der Waals surface area contributed by atoms with Crippen LogP contribution in [0.15, 0.2) is 18.2 Å². The largest absolute Gasteiger partial charge is 0.480 e. The van der Waals surface area contributed by atoms with Gasteiger partial charge in [0.15, 0.2) is 0 Å². The third-order valence-electron chi connectivity index (χ3n) is 2.62. The number of thioether (sulfide) groups is 1. The number of hydrogen-bond donors (Lipinski definition) is 2. The molecule has 1 atom stereocenters. The van der Waals surface area contributed by atoms with E-state index in [0.29, 0.717) is 5.75 Å². The predicted molar refractivity (Wildman–Crippen MR) is 74.9 cm³/mol. The summed E-state index contributed by atoms with van der Waals surface area (Å²) in [5.41, 5.74) is -1.00. The molecule has 0 spiro atoms. The van der Waals surface area contributed by atoms with E-state index in [0.717, 1.165) is 18.2 Å². The molecule has 114 valence electrons. The maximum absolute atomic E-state index is 13.2. The number of benzene rings is 1. The van der Waals surface area contributed by atoms with E-state index in [4.69, 9.17) is 5.11 Å². The van der Waals surface area contributed by atoms with Gasteiger partial charge in [-0.2, -0.15) is 16.2 Å². The van der Waals surface area contributed by atoms with Crippen LogP contribution >= 0.6 is 11.8 Å². The fourth-order valence-electron chi connectivity index (χ4n) is 1.53. The van der Waals surface area contributed by atoms with Crippen LogP contribution in [0.2, 0.25) is 0 Å². The molecule has 0 heterocycles. The second kappa shape index (κ2) is 7.58. The van der Waals surface area contributed by atoms with Gasteiger partial charge in [0.2, 0.25) is 5.82 Å². The number of nitro benzene ring substituents is 1. The standard InChI is InChI=1S/C12H13FN2O5S/c1-21-5-4-9(12(17)18)14-11(16)7-2-3-8(13)10(6-7)15(19)20/h2-3,6,9H,4-5H2,1H3,(H,14,16)(H,17,18)/t9-/m1/s1. The van der Waals surface area contributed by atoms with Gasteiger partial charge in [0.25, 0.3) is 5.91 Å². The molecule has 1 amide bonds. The Labute approximate surface area is 123 Å². The fraction of sp³-hybridized carbons (Fsp3) is 0.333. The summed E-state index contributed by atoms with van der Waals surface area (Å²) in [6.45, 7) is 0. The molecule has 7 nitrogen and oxygen atoms in total. The number of hydrogen-bond acceptors (Lipinski definition) is 5. The van der Waals surface area contributed by atoms with Gasteiger partial charge in [0.1, 0.15) is 6.04 Å². The molecule has 0 saturated heterocycles. The molecule has 0 fully saturated rings. The molecule has 1 rings (SSSR count). The third kappa shape index (κ3) is 4.71. The minimum Gasteiger partial charge on any atom is -0.480 e. The topological polar surface area (TPSA) is 110 Å². The van der Waals surface area contributed by atoms with Gasteiger partial charge in [-0.1, -0.05) is 0 Å². The molecule has 21 heavy (non-hydrogen) atoms. The molecular formula is C12H13FN2O5S. The van der Waals surface area contributed by atoms with Gasteiger partial charge in [-0.15, -0.1) is 0 Å². The van der Waals surface area contributed by atoms with Crippen molar-refractivity contribution in [3.8, 4) is 0 Å². The first-order valence-corrected chi connectivity index (χ1v) is 7.22. The highest BCUT2D eigenvalue weighted by molar-refractivity contribution is 7.98. The van der Waals surface area contributed by atoms with Gasteiger partial charge in [0.05, 0.1) is 4.92 Å². The summed E-state index contributed by atoms with van der Waals surface area (Å²) in [6, 6.07) is 1.53. The van der Waals surface area contributed by atoms with Crippen LogP contribution in [0, 0.1) is 15.9 Å². The summed E-state index contributed by atoms with van der Waals surface area (Å²) in [5, 5.41) is 21.9. The number of halogens is 1. The molecule has 9 heteroatoms. The van der Waals surface area contributed by atoms with Crippen molar-refractivity contribution in [3.05, 3.63) is 39.7 Å². The number of nitrogens with one attached hydrogen (secondary N) is 1. The first-order valence-electron chi connectivity index (χ1n) is 5.83. The van der Waals surface area contributed by atoms with Crippen molar-refractivity contribution >= 4 is 29.3 Å². The summed E-state index contributed by atoms with van der Waals surface area (Å²) in [6.07, 6.45) is 2.01. The Morgan fingerprint density at radius 2 is 2.19 bits per heavy atom. The highest BCUT2D eigenvalue weighted by atomic mass is 32.2. The SMILES string of the molecule is CSCC[C@@H](NC(=O)c1ccc(F)c([N+](=O)[O-])c1)C(=O)O. The van der Waals surface area contributed by atoms with Gasteiger partial charge < -0.3 is 10.4 Å². The smallest absolute Gasteiger partial charge is 0.326 e. The van der Waals surface area contributed by atoms with Crippen LogP contribution in [0.25, 0.3) is 0 Å². The van der Waals surface area contributed by atoms with Crippen LogP contribution in [0.5, 0.6) is 0 Å². The monoisotopic (exact) mass is 316 g/mol. The van der Waals surface area contributed by atoms with Crippen molar-refractivity contribution < 1.29 is 24.0 Å². The van der Waals surface area contributed by atoms with Gasteiger partial charge in [-0.3, -0.25) is 14.9 Å². The predicted octanol–water partition coefficient (Wildman–Crippen LogP) is 1.67. The number of carbonyl (C=O) groups is 2. The molecule has 0 unspecified atom stereocenters. The number of rotatable bonds is 7. The van der Waals surface area contributed by atoms with Crippen molar-refractivity contribution in [3.63, 3.8) is 0 Å². The molecule has 1 aromatic rings. The van der Waals surface area contributed by atoms with E-state index in [-0.39, 0.29) is 12.0 Å². The Kier molecular flexibility index (Phi) is 6.10. The van der Waals surface area contributed by atoms with E-state index in [2.05, 4.69) is 5.32 Å². The molecular weight excluding hydrogens is 303 g/mol. The molecule has 0 bridgehead atoms. The molecule has 1 aromatic carbocycles. The van der Waals surface area contributed by atoms with E-state index in [9.17, 15) is 24.1 Å². The normalized spacial score (nSPS) is 11.7. The number of aliphatic carboxylic acids is 1. The van der Waals surface area contributed by atoms with Crippen LogP contribution in [0.1, 0.15) is 16.8 Å². The zero-order chi connectivity index (χ0) is 16.0. The zero-order valence-electron chi connectivity index (χ0n) is 11.0. The van der Waals surface area contributed by atoms with Crippen LogP contribution in [0.4, 0.5) is 10.1 Å². The quantitative estimate of drug-likeness (QED) is 0.585. The second-order valence-electron chi connectivity index (χ2n) is 4.07. The third-order valence-corrected chi connectivity index (χ3v) is 3.26. The fourth-order valence-corrected chi connectivity index (χ4v) is 2.00. The van der Waals surface area contributed by atoms with Crippen LogP contribution in [-0.2, 0) is 4.79 Å². The van der Waals surface area contributed by atoms with E-state index in [1.807, 2.05) is 0 Å². The van der Waals surface area contributed by atoms with Crippen LogP contribution in [-0.4, -0.2) is 40.0 Å². The van der Waals surface area contributed by atoms with Gasteiger partial charge >= 0.3 is 11.7 Å². The lowest BCUT2D eigenvalue weighted by molar-refractivity contribution is -0.387. The summed E-state index contributed by atoms with van der Waals surface area (Å²) < 4.78 is 13.2. The van der Waals surface area contributed by atoms with Crippen LogP contribution in [0.3, 0.4) is 0 Å². The maximum Gasteiger partial charge on any atom is 0.326 e. The Morgan fingerprint density at radius 3 is 2.71 bits per heavy atom. The molecule has 0 saturated carbocycles. The number of amides is 1. The lowest BCUT2D eigenvalue weighted by Gasteiger charge is -2.13. The summed E-state index contributed by atoms with van der Waals surface area (Å²) in [5.74, 6) is -2.53. The minimum absolute atomic E-state index is 0.168. The van der Waals surface area contributed by atoms with Crippen molar-refractivity contribution in [1.29, 1.82) is 0 Å². The summed E-state index contributed by atoms with van der Waals surface area (Å²) in [7, 11) is 0. The van der Waals surface area contributed by atoms with E-state index >= 15 is 0 Å². The molecule has 0 aromatic heterocycles. The van der Waals surface area contributed by atoms with Crippen molar-refractivity contribution in [1.82, 2.24) is 5.32 Å². The minimum atomic E-state index is -1.20. The summed E-state index contributed by atoms with van der Waals surface area (Å²) in [4.78, 5) is 32.5. The van der Waals surface area contributed by atoms with E-state index < -0.39 is 34.3 Å². The lowest BCUT2D eigenvalue weighted by Crippen LogP contribution is -2.41. The lowest BCUT2D eigenvalue weighted by atomic mass is 10.1. The van der Waals surface area contributed by atoms with Crippen molar-refractivity contribution in [2.24, 2.45) is 0 Å². The molecule has 0 aliphatic carbocycles. The van der Waals surface area contributed by atoms with Gasteiger partial charge in [-0.05, 0) is 30.6 Å². The molecule has 0 aliphatic heterocycles. The van der Waals surface area contributed by atoms with Crippen molar-refractivity contribution in [2.45, 2.75) is 12.5 Å². The number of nitro groups is 1. The maximum atomic E-state index is 13.2. The van der Waals surface area contributed by atoms with Crippen LogP contribution < -0.4 is 5.32 Å². The highest BCUT2D eigenvalue weighted by Crippen LogP contribution is 2.18. The van der Waals surface area contributed by atoms with Crippen molar-refractivity contribution in [2.75, 3.05) is 12.0 Å². The first-order chi connectivity index (χ1) is 9.86. The Balaban J connectivity index is 2.90. The molecule has 0 radical (unpaired) electrons. The zero-order valence-corrected chi connectivity index (χ0v) is 11.9. The second-order valence-corrected chi connectivity index (χ2v) is 5.05. The average Bonchev–Trinajstić information content (AvgIpc) is 2.42. The number of carboxylic acid groups (broad SMARTS) is 1. The summed E-state index contributed by atoms with van der Waals surface area (Å²) >= 11 is 1.43. The van der Waals surface area contributed by atoms with E-state index in [1.165, 1.54) is 11.8 Å². The highest BCUT2D eigenvalue weighted by Gasteiger charge is 2.22. The average molecular weight is 316 g/mol. The van der Waals surface area contributed by atoms with E-state index in [1.54, 1.807) is 6.26 Å². The first kappa shape index (κ1) is 16.9. The Bertz CT molecular complexity index is 567. The number of nitrogens with zero attached hydrogens (tertiary/aromatic N) is 1.